The molecule has 0 aliphatic carbocycles. The summed E-state index contributed by atoms with van der Waals surface area (Å²) in [4.78, 5) is 0. The van der Waals surface area contributed by atoms with Crippen LogP contribution in [0.3, 0.4) is 0 Å². The van der Waals surface area contributed by atoms with E-state index in [2.05, 4.69) is 20.7 Å². The van der Waals surface area contributed by atoms with Gasteiger partial charge in [-0.3, -0.25) is 0 Å². The minimum Gasteiger partial charge on any atom is -0.215 e. The lowest BCUT2D eigenvalue weighted by Gasteiger charge is -2.04. The molecule has 0 aromatic heterocycles. The van der Waals surface area contributed by atoms with Crippen molar-refractivity contribution in [2.75, 3.05) is 12.8 Å². The second-order valence-corrected chi connectivity index (χ2v) is 5.70. The standard InChI is InChI=1S/C9H12BrNO2S/c1-14(12,13)11-7-6-8-4-2-3-5-9(8)10/h2-5,11H,6-7H2,1H3. The fraction of sp³-hybridized carbons (Fsp3) is 0.333. The van der Waals surface area contributed by atoms with Crippen molar-refractivity contribution in [1.29, 1.82) is 0 Å². The van der Waals surface area contributed by atoms with Gasteiger partial charge in [-0.15, -0.1) is 0 Å². The van der Waals surface area contributed by atoms with E-state index in [4.69, 9.17) is 0 Å². The van der Waals surface area contributed by atoms with Crippen LogP contribution < -0.4 is 4.72 Å². The molecule has 0 saturated carbocycles. The van der Waals surface area contributed by atoms with Crippen LogP contribution in [-0.2, 0) is 16.4 Å². The van der Waals surface area contributed by atoms with Crippen LogP contribution in [0.1, 0.15) is 5.56 Å². The summed E-state index contributed by atoms with van der Waals surface area (Å²) in [6, 6.07) is 7.77. The van der Waals surface area contributed by atoms with Crippen molar-refractivity contribution < 1.29 is 8.42 Å². The zero-order valence-corrected chi connectivity index (χ0v) is 10.2. The lowest BCUT2D eigenvalue weighted by Crippen LogP contribution is -2.24. The molecule has 0 unspecified atom stereocenters. The summed E-state index contributed by atoms with van der Waals surface area (Å²) in [6.45, 7) is 0.432. The maximum absolute atomic E-state index is 10.8. The van der Waals surface area contributed by atoms with Crippen LogP contribution in [0.25, 0.3) is 0 Å². The zero-order chi connectivity index (χ0) is 10.6. The molecular formula is C9H12BrNO2S. The molecule has 0 atom stereocenters. The van der Waals surface area contributed by atoms with Crippen LogP contribution in [-0.4, -0.2) is 21.2 Å². The summed E-state index contributed by atoms with van der Waals surface area (Å²) >= 11 is 3.40. The van der Waals surface area contributed by atoms with Gasteiger partial charge in [0.2, 0.25) is 10.0 Å². The van der Waals surface area contributed by atoms with Gasteiger partial charge in [-0.05, 0) is 18.1 Å². The molecule has 3 nitrogen and oxygen atoms in total. The van der Waals surface area contributed by atoms with Crippen molar-refractivity contribution in [3.05, 3.63) is 34.3 Å². The topological polar surface area (TPSA) is 46.2 Å². The number of nitrogens with one attached hydrogen (secondary N) is 1. The van der Waals surface area contributed by atoms with E-state index in [1.807, 2.05) is 24.3 Å². The van der Waals surface area contributed by atoms with Crippen LogP contribution in [0.5, 0.6) is 0 Å². The highest BCUT2D eigenvalue weighted by Gasteiger charge is 2.01. The fourth-order valence-corrected chi connectivity index (χ4v) is 2.03. The molecule has 0 aliphatic heterocycles. The number of rotatable bonds is 4. The van der Waals surface area contributed by atoms with Gasteiger partial charge in [0.25, 0.3) is 0 Å². The zero-order valence-electron chi connectivity index (χ0n) is 7.83. The number of halogens is 1. The molecule has 0 radical (unpaired) electrons. The van der Waals surface area contributed by atoms with Crippen molar-refractivity contribution in [3.8, 4) is 0 Å². The summed E-state index contributed by atoms with van der Waals surface area (Å²) in [5, 5.41) is 0. The van der Waals surface area contributed by atoms with E-state index in [-0.39, 0.29) is 0 Å². The van der Waals surface area contributed by atoms with Crippen LogP contribution >= 0.6 is 15.9 Å². The Morgan fingerprint density at radius 3 is 2.57 bits per heavy atom. The van der Waals surface area contributed by atoms with Gasteiger partial charge in [-0.2, -0.15) is 0 Å². The van der Waals surface area contributed by atoms with Crippen molar-refractivity contribution in [2.45, 2.75) is 6.42 Å². The molecule has 0 amide bonds. The maximum atomic E-state index is 10.8. The van der Waals surface area contributed by atoms with Crippen molar-refractivity contribution in [2.24, 2.45) is 0 Å². The van der Waals surface area contributed by atoms with Crippen molar-refractivity contribution in [3.63, 3.8) is 0 Å². The molecule has 0 heterocycles. The second kappa shape index (κ2) is 4.91. The third kappa shape index (κ3) is 4.21. The predicted molar refractivity (Wildman–Crippen MR) is 60.7 cm³/mol. The highest BCUT2D eigenvalue weighted by atomic mass is 79.9. The number of sulfonamides is 1. The van der Waals surface area contributed by atoms with Gasteiger partial charge >= 0.3 is 0 Å². The largest absolute Gasteiger partial charge is 0.215 e. The summed E-state index contributed by atoms with van der Waals surface area (Å²) in [7, 11) is -3.07. The van der Waals surface area contributed by atoms with Crippen LogP contribution in [0.15, 0.2) is 28.7 Å². The van der Waals surface area contributed by atoms with Gasteiger partial charge in [-0.25, -0.2) is 13.1 Å². The Labute approximate surface area is 92.7 Å². The van der Waals surface area contributed by atoms with Crippen molar-refractivity contribution >= 4 is 26.0 Å². The quantitative estimate of drug-likeness (QED) is 0.908. The summed E-state index contributed by atoms with van der Waals surface area (Å²) in [5.41, 5.74) is 1.10. The average Bonchev–Trinajstić information content (AvgIpc) is 2.06. The first-order valence-corrected chi connectivity index (χ1v) is 6.85. The third-order valence-electron chi connectivity index (χ3n) is 1.72. The van der Waals surface area contributed by atoms with Crippen LogP contribution in [0.2, 0.25) is 0 Å². The summed E-state index contributed by atoms with van der Waals surface area (Å²) < 4.78 is 25.0. The molecule has 0 saturated heterocycles. The smallest absolute Gasteiger partial charge is 0.208 e. The number of hydrogen-bond acceptors (Lipinski definition) is 2. The Hall–Kier alpha value is -0.390. The molecule has 0 aliphatic rings. The molecule has 14 heavy (non-hydrogen) atoms. The van der Waals surface area contributed by atoms with Gasteiger partial charge in [0, 0.05) is 11.0 Å². The van der Waals surface area contributed by atoms with E-state index in [0.29, 0.717) is 13.0 Å². The molecule has 0 bridgehead atoms. The van der Waals surface area contributed by atoms with Crippen molar-refractivity contribution in [1.82, 2.24) is 4.72 Å². The molecule has 0 spiro atoms. The maximum Gasteiger partial charge on any atom is 0.208 e. The molecule has 78 valence electrons. The SMILES string of the molecule is CS(=O)(=O)NCCc1ccccc1Br. The highest BCUT2D eigenvalue weighted by molar-refractivity contribution is 9.10. The molecule has 1 rings (SSSR count). The highest BCUT2D eigenvalue weighted by Crippen LogP contribution is 2.15. The number of hydrogen-bond donors (Lipinski definition) is 1. The lowest BCUT2D eigenvalue weighted by atomic mass is 10.2. The number of benzene rings is 1. The molecule has 1 aromatic rings. The Bertz CT molecular complexity index is 403. The minimum atomic E-state index is -3.07. The Morgan fingerprint density at radius 1 is 1.36 bits per heavy atom. The van der Waals surface area contributed by atoms with E-state index in [0.717, 1.165) is 16.3 Å². The van der Waals surface area contributed by atoms with Crippen LogP contribution in [0, 0.1) is 0 Å². The summed E-state index contributed by atoms with van der Waals surface area (Å²) in [5.74, 6) is 0. The Kier molecular flexibility index (Phi) is 4.10. The first-order valence-electron chi connectivity index (χ1n) is 4.17. The third-order valence-corrected chi connectivity index (χ3v) is 3.22. The first kappa shape index (κ1) is 11.7. The van der Waals surface area contributed by atoms with E-state index in [9.17, 15) is 8.42 Å². The van der Waals surface area contributed by atoms with E-state index in [1.165, 1.54) is 0 Å². The fourth-order valence-electron chi connectivity index (χ4n) is 1.07. The monoisotopic (exact) mass is 277 g/mol. The lowest BCUT2D eigenvalue weighted by molar-refractivity contribution is 0.588. The minimum absolute atomic E-state index is 0.432. The average molecular weight is 278 g/mol. The molecule has 5 heteroatoms. The first-order chi connectivity index (χ1) is 6.49. The second-order valence-electron chi connectivity index (χ2n) is 3.01. The van der Waals surface area contributed by atoms with Gasteiger partial charge in [0.15, 0.2) is 0 Å². The van der Waals surface area contributed by atoms with Gasteiger partial charge in [-0.1, -0.05) is 34.1 Å². The van der Waals surface area contributed by atoms with Crippen LogP contribution in [0.4, 0.5) is 0 Å². The molecule has 1 N–H and O–H groups in total. The van der Waals surface area contributed by atoms with Gasteiger partial charge in [0.1, 0.15) is 0 Å². The molecular weight excluding hydrogens is 266 g/mol. The van der Waals surface area contributed by atoms with E-state index in [1.54, 1.807) is 0 Å². The summed E-state index contributed by atoms with van der Waals surface area (Å²) in [6.07, 6.45) is 1.85. The van der Waals surface area contributed by atoms with Gasteiger partial charge in [0.05, 0.1) is 6.26 Å². The molecule has 0 fully saturated rings. The van der Waals surface area contributed by atoms with E-state index >= 15 is 0 Å². The molecule has 1 aromatic carbocycles. The van der Waals surface area contributed by atoms with Gasteiger partial charge < -0.3 is 0 Å². The Morgan fingerprint density at radius 2 is 2.00 bits per heavy atom. The predicted octanol–water partition coefficient (Wildman–Crippen LogP) is 1.54. The van der Waals surface area contributed by atoms with E-state index < -0.39 is 10.0 Å². The normalized spacial score (nSPS) is 11.6. The Balaban J connectivity index is 2.51.